The van der Waals surface area contributed by atoms with Crippen LogP contribution in [0, 0.1) is 17.8 Å². The van der Waals surface area contributed by atoms with Gasteiger partial charge in [-0.1, -0.05) is 130 Å². The van der Waals surface area contributed by atoms with Crippen LogP contribution in [0.5, 0.6) is 0 Å². The molecule has 2 N–H and O–H groups in total. The minimum absolute atomic E-state index is 0.446. The molecule has 0 aromatic rings. The second-order valence-electron chi connectivity index (χ2n) is 14.4. The number of unbranched alkanes of at least 4 members (excludes halogenated alkanes) is 18. The van der Waals surface area contributed by atoms with Crippen LogP contribution in [0.15, 0.2) is 12.2 Å². The molecule has 46 heavy (non-hydrogen) atoms. The Balaban J connectivity index is 4.30. The van der Waals surface area contributed by atoms with Crippen molar-refractivity contribution in [3.05, 3.63) is 12.2 Å². The number of carboxylic acid groups (broad SMARTS) is 3. The maximum absolute atomic E-state index is 11.5. The van der Waals surface area contributed by atoms with Gasteiger partial charge in [-0.05, 0) is 38.5 Å². The van der Waals surface area contributed by atoms with Crippen molar-refractivity contribution in [1.82, 2.24) is 0 Å². The van der Waals surface area contributed by atoms with Crippen LogP contribution in [0.25, 0.3) is 0 Å². The lowest BCUT2D eigenvalue weighted by atomic mass is 10.0. The molecule has 0 aliphatic carbocycles. The number of aliphatic carboxylic acids is 3. The fraction of sp³-hybridized carbons (Fsp3) is 0.872. The van der Waals surface area contributed by atoms with Crippen LogP contribution in [0.4, 0.5) is 0 Å². The maximum atomic E-state index is 11.5. The Labute approximate surface area is 283 Å². The summed E-state index contributed by atoms with van der Waals surface area (Å²) in [6, 6.07) is 0. The average Bonchev–Trinajstić information content (AvgIpc) is 3.03. The van der Waals surface area contributed by atoms with Crippen LogP contribution in [-0.4, -0.2) is 58.8 Å². The molecule has 0 saturated carbocycles. The van der Waals surface area contributed by atoms with Crippen molar-refractivity contribution < 1.29 is 34.2 Å². The van der Waals surface area contributed by atoms with Crippen LogP contribution in [0.3, 0.4) is 0 Å². The predicted molar refractivity (Wildman–Crippen MR) is 189 cm³/mol. The zero-order valence-corrected chi connectivity index (χ0v) is 30.5. The molecule has 0 heterocycles. The Kier molecular flexibility index (Phi) is 28.1. The predicted octanol–water partition coefficient (Wildman–Crippen LogP) is 9.18. The largest absolute Gasteiger partial charge is 0.550 e. The molecule has 3 atom stereocenters. The summed E-state index contributed by atoms with van der Waals surface area (Å²) in [4.78, 5) is 34.4. The minimum Gasteiger partial charge on any atom is -0.550 e. The molecule has 0 aliphatic heterocycles. The van der Waals surface area contributed by atoms with Gasteiger partial charge in [0.15, 0.2) is 0 Å². The SMILES string of the molecule is CCCCCCCCC/C=C/CCCCCCCCCCCCC[N+](CCC(C)C(=O)[O-])(CCC(C)C(=O)O)CCC(C)C(=O)O. The summed E-state index contributed by atoms with van der Waals surface area (Å²) in [7, 11) is 0. The van der Waals surface area contributed by atoms with Crippen LogP contribution in [-0.2, 0) is 14.4 Å². The lowest BCUT2D eigenvalue weighted by Gasteiger charge is -2.41. The van der Waals surface area contributed by atoms with Gasteiger partial charge in [-0.2, -0.15) is 0 Å². The van der Waals surface area contributed by atoms with E-state index >= 15 is 0 Å². The number of carbonyl (C=O) groups is 3. The van der Waals surface area contributed by atoms with Gasteiger partial charge < -0.3 is 24.6 Å². The molecule has 0 radical (unpaired) electrons. The molecule has 7 nitrogen and oxygen atoms in total. The standard InChI is InChI=1S/C39H73NO6/c1-5-6-7-8-9-10-11-12-13-14-15-16-17-18-19-20-21-22-23-24-25-26-30-40(31-27-34(2)37(41)42,32-28-35(3)38(43)44)33-29-36(4)39(45)46/h13-14,34-36H,5-12,15-33H2,1-4H3,(H2-,41,42,43,44,45,46)/b14-13+. The summed E-state index contributed by atoms with van der Waals surface area (Å²) in [6.07, 6.45) is 32.0. The van der Waals surface area contributed by atoms with Gasteiger partial charge in [-0.3, -0.25) is 9.59 Å². The molecule has 0 aromatic carbocycles. The Morgan fingerprint density at radius 3 is 1.20 bits per heavy atom. The van der Waals surface area contributed by atoms with E-state index in [0.717, 1.165) is 25.8 Å². The molecule has 0 fully saturated rings. The van der Waals surface area contributed by atoms with Crippen LogP contribution in [0.2, 0.25) is 0 Å². The van der Waals surface area contributed by atoms with Crippen LogP contribution >= 0.6 is 0 Å². The van der Waals surface area contributed by atoms with Gasteiger partial charge in [-0.15, -0.1) is 0 Å². The van der Waals surface area contributed by atoms with E-state index in [1.807, 2.05) is 0 Å². The highest BCUT2D eigenvalue weighted by atomic mass is 16.4. The average molecular weight is 652 g/mol. The molecule has 3 unspecified atom stereocenters. The van der Waals surface area contributed by atoms with E-state index < -0.39 is 35.7 Å². The highest BCUT2D eigenvalue weighted by Gasteiger charge is 2.30. The molecule has 0 bridgehead atoms. The van der Waals surface area contributed by atoms with Crippen LogP contribution in [0.1, 0.15) is 175 Å². The van der Waals surface area contributed by atoms with Crippen LogP contribution < -0.4 is 5.11 Å². The normalized spacial score (nSPS) is 15.0. The van der Waals surface area contributed by atoms with Crippen molar-refractivity contribution in [3.63, 3.8) is 0 Å². The summed E-state index contributed by atoms with van der Waals surface area (Å²) >= 11 is 0. The first-order chi connectivity index (χ1) is 22.0. The fourth-order valence-electron chi connectivity index (χ4n) is 6.19. The first-order valence-electron chi connectivity index (χ1n) is 19.2. The van der Waals surface area contributed by atoms with E-state index in [4.69, 9.17) is 0 Å². The number of carbonyl (C=O) groups excluding carboxylic acids is 1. The fourth-order valence-corrected chi connectivity index (χ4v) is 6.19. The van der Waals surface area contributed by atoms with Gasteiger partial charge in [0.2, 0.25) is 0 Å². The third-order valence-corrected chi connectivity index (χ3v) is 10.00. The third-order valence-electron chi connectivity index (χ3n) is 10.00. The second kappa shape index (κ2) is 29.3. The van der Waals surface area contributed by atoms with Gasteiger partial charge in [0.1, 0.15) is 0 Å². The van der Waals surface area contributed by atoms with Crippen molar-refractivity contribution in [3.8, 4) is 0 Å². The molecule has 0 amide bonds. The smallest absolute Gasteiger partial charge is 0.306 e. The van der Waals surface area contributed by atoms with Gasteiger partial charge in [-0.25, -0.2) is 0 Å². The highest BCUT2D eigenvalue weighted by Crippen LogP contribution is 2.22. The maximum Gasteiger partial charge on any atom is 0.306 e. The van der Waals surface area contributed by atoms with Crippen molar-refractivity contribution in [2.75, 3.05) is 26.2 Å². The van der Waals surface area contributed by atoms with Gasteiger partial charge in [0.05, 0.1) is 38.0 Å². The van der Waals surface area contributed by atoms with E-state index in [1.54, 1.807) is 20.8 Å². The Morgan fingerprint density at radius 2 is 0.848 bits per heavy atom. The number of rotatable bonds is 34. The lowest BCUT2D eigenvalue weighted by molar-refractivity contribution is -0.929. The topological polar surface area (TPSA) is 115 Å². The number of carboxylic acids is 3. The molecule has 0 rings (SSSR count). The molecule has 0 saturated heterocycles. The summed E-state index contributed by atoms with van der Waals surface area (Å²) in [5.41, 5.74) is 0. The molecule has 0 aromatic heterocycles. The van der Waals surface area contributed by atoms with Crippen molar-refractivity contribution >= 4 is 17.9 Å². The van der Waals surface area contributed by atoms with E-state index in [0.29, 0.717) is 43.4 Å². The monoisotopic (exact) mass is 652 g/mol. The summed E-state index contributed by atoms with van der Waals surface area (Å²) < 4.78 is 0.585. The molecule has 270 valence electrons. The van der Waals surface area contributed by atoms with E-state index in [2.05, 4.69) is 19.1 Å². The molecule has 7 heteroatoms. The quantitative estimate of drug-likeness (QED) is 0.0407. The van der Waals surface area contributed by atoms with Crippen molar-refractivity contribution in [2.45, 2.75) is 175 Å². The minimum atomic E-state index is -1.07. The third kappa shape index (κ3) is 25.2. The zero-order chi connectivity index (χ0) is 34.5. The van der Waals surface area contributed by atoms with E-state index in [9.17, 15) is 29.7 Å². The molecular formula is C39H73NO6. The number of hydrogen-bond acceptors (Lipinski definition) is 4. The summed E-state index contributed by atoms with van der Waals surface area (Å²) in [6.45, 7) is 10.0. The van der Waals surface area contributed by atoms with Crippen molar-refractivity contribution in [1.29, 1.82) is 0 Å². The summed E-state index contributed by atoms with van der Waals surface area (Å²) in [5, 5.41) is 30.3. The Morgan fingerprint density at radius 1 is 0.522 bits per heavy atom. The number of allylic oxidation sites excluding steroid dienone is 2. The molecule has 0 aliphatic rings. The Hall–Kier alpha value is -1.89. The first-order valence-corrected chi connectivity index (χ1v) is 19.2. The first kappa shape index (κ1) is 44.1. The molecule has 0 spiro atoms. The summed E-state index contributed by atoms with van der Waals surface area (Å²) in [5.74, 6) is -4.31. The number of quaternary nitrogens is 1. The van der Waals surface area contributed by atoms with Gasteiger partial charge >= 0.3 is 11.9 Å². The number of nitrogens with zero attached hydrogens (tertiary/aromatic N) is 1. The highest BCUT2D eigenvalue weighted by molar-refractivity contribution is 5.69. The number of hydrogen-bond donors (Lipinski definition) is 2. The molecular weight excluding hydrogens is 578 g/mol. The zero-order valence-electron chi connectivity index (χ0n) is 30.5. The lowest BCUT2D eigenvalue weighted by Crippen LogP contribution is -2.52. The Bertz CT molecular complexity index is 738. The van der Waals surface area contributed by atoms with E-state index in [1.165, 1.54) is 109 Å². The second-order valence-corrected chi connectivity index (χ2v) is 14.4. The van der Waals surface area contributed by atoms with Gasteiger partial charge in [0.25, 0.3) is 0 Å². The van der Waals surface area contributed by atoms with E-state index in [-0.39, 0.29) is 0 Å². The van der Waals surface area contributed by atoms with Gasteiger partial charge in [0, 0.05) is 31.1 Å². The van der Waals surface area contributed by atoms with Crippen molar-refractivity contribution in [2.24, 2.45) is 17.8 Å².